The molecule has 25 heavy (non-hydrogen) atoms. The highest BCUT2D eigenvalue weighted by Crippen LogP contribution is 2.13. The SMILES string of the molecule is CCCCCCCCCCCCCCC/C=C/C(=O)N1CCCCC1. The van der Waals surface area contributed by atoms with E-state index in [0.717, 1.165) is 19.5 Å². The van der Waals surface area contributed by atoms with Crippen molar-refractivity contribution in [2.45, 2.75) is 116 Å². The Kier molecular flexibility index (Phi) is 14.8. The van der Waals surface area contributed by atoms with E-state index in [1.807, 2.05) is 11.0 Å². The molecule has 1 saturated heterocycles. The Morgan fingerprint density at radius 3 is 1.72 bits per heavy atom. The van der Waals surface area contributed by atoms with Crippen molar-refractivity contribution in [3.05, 3.63) is 12.2 Å². The standard InChI is InChI=1S/C23H43NO/c1-2-3-4-5-6-7-8-9-10-11-12-13-14-15-17-20-23(25)24-21-18-16-19-22-24/h17,20H,2-16,18-19,21-22H2,1H3/b20-17+. The molecular formula is C23H43NO. The Morgan fingerprint density at radius 1 is 0.720 bits per heavy atom. The summed E-state index contributed by atoms with van der Waals surface area (Å²) in [6.45, 7) is 4.20. The molecule has 2 nitrogen and oxygen atoms in total. The predicted molar refractivity (Wildman–Crippen MR) is 110 cm³/mol. The first-order valence-corrected chi connectivity index (χ1v) is 11.3. The van der Waals surface area contributed by atoms with E-state index >= 15 is 0 Å². The second-order valence-corrected chi connectivity index (χ2v) is 7.82. The zero-order valence-corrected chi connectivity index (χ0v) is 16.9. The van der Waals surface area contributed by atoms with Gasteiger partial charge in [0.05, 0.1) is 0 Å². The van der Waals surface area contributed by atoms with Gasteiger partial charge in [0.15, 0.2) is 0 Å². The van der Waals surface area contributed by atoms with E-state index in [-0.39, 0.29) is 5.91 Å². The zero-order chi connectivity index (χ0) is 18.0. The van der Waals surface area contributed by atoms with Crippen molar-refractivity contribution in [2.75, 3.05) is 13.1 Å². The maximum atomic E-state index is 12.0. The van der Waals surface area contributed by atoms with Gasteiger partial charge in [-0.25, -0.2) is 0 Å². The number of hydrogen-bond donors (Lipinski definition) is 0. The molecule has 0 aliphatic carbocycles. The number of piperidine rings is 1. The lowest BCUT2D eigenvalue weighted by Crippen LogP contribution is -2.34. The molecule has 0 unspecified atom stereocenters. The third-order valence-electron chi connectivity index (χ3n) is 5.40. The van der Waals surface area contributed by atoms with E-state index in [0.29, 0.717) is 0 Å². The lowest BCUT2D eigenvalue weighted by Gasteiger charge is -2.25. The summed E-state index contributed by atoms with van der Waals surface area (Å²) in [6, 6.07) is 0. The van der Waals surface area contributed by atoms with Gasteiger partial charge in [-0.2, -0.15) is 0 Å². The third-order valence-corrected chi connectivity index (χ3v) is 5.40. The van der Waals surface area contributed by atoms with Crippen LogP contribution in [0.3, 0.4) is 0 Å². The van der Waals surface area contributed by atoms with Crippen molar-refractivity contribution >= 4 is 5.91 Å². The van der Waals surface area contributed by atoms with Crippen molar-refractivity contribution in [1.82, 2.24) is 4.90 Å². The van der Waals surface area contributed by atoms with Gasteiger partial charge in [0.25, 0.3) is 0 Å². The molecule has 2 heteroatoms. The van der Waals surface area contributed by atoms with Gasteiger partial charge >= 0.3 is 0 Å². The molecule has 0 radical (unpaired) electrons. The third kappa shape index (κ3) is 13.1. The van der Waals surface area contributed by atoms with E-state index in [1.54, 1.807) is 0 Å². The highest BCUT2D eigenvalue weighted by atomic mass is 16.2. The average Bonchev–Trinajstić information content (AvgIpc) is 2.65. The Morgan fingerprint density at radius 2 is 1.20 bits per heavy atom. The molecule has 0 N–H and O–H groups in total. The fourth-order valence-electron chi connectivity index (χ4n) is 3.68. The van der Waals surface area contributed by atoms with Crippen LogP contribution in [0.25, 0.3) is 0 Å². The van der Waals surface area contributed by atoms with Gasteiger partial charge in [0, 0.05) is 13.1 Å². The lowest BCUT2D eigenvalue weighted by atomic mass is 10.0. The summed E-state index contributed by atoms with van der Waals surface area (Å²) in [4.78, 5) is 14.0. The maximum Gasteiger partial charge on any atom is 0.246 e. The van der Waals surface area contributed by atoms with Gasteiger partial charge in [0.2, 0.25) is 5.91 Å². The van der Waals surface area contributed by atoms with E-state index in [4.69, 9.17) is 0 Å². The number of carbonyl (C=O) groups excluding carboxylic acids is 1. The highest BCUT2D eigenvalue weighted by Gasteiger charge is 2.13. The van der Waals surface area contributed by atoms with Crippen LogP contribution in [0.1, 0.15) is 116 Å². The smallest absolute Gasteiger partial charge is 0.246 e. The summed E-state index contributed by atoms with van der Waals surface area (Å²) >= 11 is 0. The molecule has 0 aromatic carbocycles. The number of likely N-dealkylation sites (tertiary alicyclic amines) is 1. The summed E-state index contributed by atoms with van der Waals surface area (Å²) in [6.07, 6.45) is 26.8. The van der Waals surface area contributed by atoms with Crippen molar-refractivity contribution in [3.8, 4) is 0 Å². The minimum absolute atomic E-state index is 0.231. The molecule has 1 fully saturated rings. The van der Waals surface area contributed by atoms with Gasteiger partial charge in [-0.05, 0) is 38.2 Å². The first-order chi connectivity index (χ1) is 12.3. The number of rotatable bonds is 15. The molecule has 0 aromatic heterocycles. The summed E-state index contributed by atoms with van der Waals surface area (Å²) in [7, 11) is 0. The van der Waals surface area contributed by atoms with E-state index in [9.17, 15) is 4.79 Å². The first-order valence-electron chi connectivity index (χ1n) is 11.3. The van der Waals surface area contributed by atoms with Crippen LogP contribution in [0.2, 0.25) is 0 Å². The highest BCUT2D eigenvalue weighted by molar-refractivity contribution is 5.87. The van der Waals surface area contributed by atoms with Gasteiger partial charge in [0.1, 0.15) is 0 Å². The Labute approximate surface area is 157 Å². The summed E-state index contributed by atoms with van der Waals surface area (Å²) < 4.78 is 0. The number of carbonyl (C=O) groups is 1. The minimum Gasteiger partial charge on any atom is -0.339 e. The molecule has 1 heterocycles. The average molecular weight is 350 g/mol. The van der Waals surface area contributed by atoms with Crippen LogP contribution in [0.5, 0.6) is 0 Å². The number of hydrogen-bond acceptors (Lipinski definition) is 1. The van der Waals surface area contributed by atoms with Crippen molar-refractivity contribution in [3.63, 3.8) is 0 Å². The lowest BCUT2D eigenvalue weighted by molar-refractivity contribution is -0.126. The largest absolute Gasteiger partial charge is 0.339 e. The van der Waals surface area contributed by atoms with Crippen LogP contribution in [0.15, 0.2) is 12.2 Å². The molecule has 0 atom stereocenters. The van der Waals surface area contributed by atoms with Crippen LogP contribution in [0.4, 0.5) is 0 Å². The predicted octanol–water partition coefficient (Wildman–Crippen LogP) is 7.04. The van der Waals surface area contributed by atoms with Gasteiger partial charge in [-0.15, -0.1) is 0 Å². The summed E-state index contributed by atoms with van der Waals surface area (Å²) in [5.41, 5.74) is 0. The number of nitrogens with zero attached hydrogens (tertiary/aromatic N) is 1. The zero-order valence-electron chi connectivity index (χ0n) is 16.9. The molecule has 146 valence electrons. The van der Waals surface area contributed by atoms with Crippen LogP contribution in [-0.4, -0.2) is 23.9 Å². The Bertz CT molecular complexity index is 331. The van der Waals surface area contributed by atoms with Gasteiger partial charge in [-0.1, -0.05) is 90.0 Å². The number of unbranched alkanes of at least 4 members (excludes halogenated alkanes) is 13. The fourth-order valence-corrected chi connectivity index (χ4v) is 3.68. The molecule has 1 aliphatic heterocycles. The number of allylic oxidation sites excluding steroid dienone is 1. The summed E-state index contributed by atoms with van der Waals surface area (Å²) in [5.74, 6) is 0.231. The first kappa shape index (κ1) is 22.3. The molecule has 0 bridgehead atoms. The Balaban J connectivity index is 1.79. The molecule has 0 aromatic rings. The molecule has 1 amide bonds. The van der Waals surface area contributed by atoms with Gasteiger partial charge < -0.3 is 4.90 Å². The Hall–Kier alpha value is -0.790. The van der Waals surface area contributed by atoms with Crippen molar-refractivity contribution in [2.24, 2.45) is 0 Å². The van der Waals surface area contributed by atoms with Crippen molar-refractivity contribution < 1.29 is 4.79 Å². The van der Waals surface area contributed by atoms with E-state index < -0.39 is 0 Å². The molecule has 1 rings (SSSR count). The molecule has 0 saturated carbocycles. The quantitative estimate of drug-likeness (QED) is 0.229. The second-order valence-electron chi connectivity index (χ2n) is 7.82. The molecule has 1 aliphatic rings. The second kappa shape index (κ2) is 16.7. The topological polar surface area (TPSA) is 20.3 Å². The van der Waals surface area contributed by atoms with Crippen LogP contribution < -0.4 is 0 Å². The van der Waals surface area contributed by atoms with Crippen LogP contribution in [0, 0.1) is 0 Å². The van der Waals surface area contributed by atoms with E-state index in [2.05, 4.69) is 13.0 Å². The van der Waals surface area contributed by atoms with Crippen LogP contribution in [-0.2, 0) is 4.79 Å². The monoisotopic (exact) mass is 349 g/mol. The van der Waals surface area contributed by atoms with E-state index in [1.165, 1.54) is 103 Å². The molecular weight excluding hydrogens is 306 g/mol. The maximum absolute atomic E-state index is 12.0. The van der Waals surface area contributed by atoms with Crippen LogP contribution >= 0.6 is 0 Å². The van der Waals surface area contributed by atoms with Crippen molar-refractivity contribution in [1.29, 1.82) is 0 Å². The normalized spacial score (nSPS) is 15.2. The fraction of sp³-hybridized carbons (Fsp3) is 0.870. The molecule has 0 spiro atoms. The number of amides is 1. The summed E-state index contributed by atoms with van der Waals surface area (Å²) in [5, 5.41) is 0. The minimum atomic E-state index is 0.231. The van der Waals surface area contributed by atoms with Gasteiger partial charge in [-0.3, -0.25) is 4.79 Å².